The predicted molar refractivity (Wildman–Crippen MR) is 138 cm³/mol. The van der Waals surface area contributed by atoms with Gasteiger partial charge in [-0.05, 0) is 69.1 Å². The third-order valence-electron chi connectivity index (χ3n) is 3.10. The minimum Gasteiger partial charge on any atom is -0.472 e. The Kier molecular flexibility index (Phi) is 13.7. The number of aromatic nitrogens is 4. The fraction of sp³-hybridized carbons (Fsp3) is 0.667. The summed E-state index contributed by atoms with van der Waals surface area (Å²) in [6.07, 6.45) is 0. The van der Waals surface area contributed by atoms with Crippen LogP contribution in [-0.4, -0.2) is 62.2 Å². The highest BCUT2D eigenvalue weighted by molar-refractivity contribution is 8.67. The van der Waals surface area contributed by atoms with Gasteiger partial charge in [-0.25, -0.2) is 9.36 Å². The Labute approximate surface area is 210 Å². The van der Waals surface area contributed by atoms with Crippen molar-refractivity contribution in [2.45, 2.75) is 11.8 Å². The second-order valence-corrected chi connectivity index (χ2v) is 19.6. The van der Waals surface area contributed by atoms with Crippen molar-refractivity contribution >= 4 is 80.4 Å². The van der Waals surface area contributed by atoms with Gasteiger partial charge in [-0.3, -0.25) is 9.59 Å². The zero-order valence-corrected chi connectivity index (χ0v) is 24.5. The Bertz CT molecular complexity index is 957. The fourth-order valence-corrected chi connectivity index (χ4v) is 8.03. The lowest BCUT2D eigenvalue weighted by Crippen LogP contribution is -2.12. The van der Waals surface area contributed by atoms with E-state index in [-0.39, 0.29) is 21.5 Å². The minimum absolute atomic E-state index is 0.196. The molecule has 0 unspecified atom stereocenters. The third kappa shape index (κ3) is 9.43. The number of hydrogen-bond acceptors (Lipinski definition) is 16. The molecule has 2 rings (SSSR count). The molecule has 32 heavy (non-hydrogen) atoms. The highest BCUT2D eigenvalue weighted by atomic mass is 32.9. The van der Waals surface area contributed by atoms with Crippen LogP contribution in [0.5, 0.6) is 10.4 Å². The lowest BCUT2D eigenvalue weighted by molar-refractivity contribution is 0.353. The van der Waals surface area contributed by atoms with Crippen LogP contribution in [0.2, 0.25) is 0 Å². The molecule has 2 aromatic rings. The van der Waals surface area contributed by atoms with E-state index < -0.39 is 11.4 Å². The van der Waals surface area contributed by atoms with Gasteiger partial charge in [0, 0.05) is 28.4 Å². The normalized spacial score (nSPS) is 11.7. The summed E-state index contributed by atoms with van der Waals surface area (Å²) in [7, 11) is 8.88. The molecule has 0 spiro atoms. The Hall–Kier alpha value is 0.160. The fourth-order valence-electron chi connectivity index (χ4n) is 1.51. The molecule has 12 nitrogen and oxygen atoms in total. The second-order valence-electron chi connectivity index (χ2n) is 4.82. The first-order chi connectivity index (χ1) is 15.1. The molecule has 0 saturated heterocycles. The smallest absolute Gasteiger partial charge is 0.329 e. The minimum atomic E-state index is -2.35. The van der Waals surface area contributed by atoms with E-state index in [4.69, 9.17) is 51.2 Å². The monoisotopic (exact) mass is 604 g/mol. The maximum atomic E-state index is 11.4. The average Bonchev–Trinajstić information content (AvgIpc) is 3.37. The van der Waals surface area contributed by atoms with Crippen LogP contribution in [-0.2, 0) is 53.5 Å². The Morgan fingerprint density at radius 3 is 1.28 bits per heavy atom. The van der Waals surface area contributed by atoms with E-state index in [2.05, 4.69) is 10.2 Å². The van der Waals surface area contributed by atoms with E-state index >= 15 is 0 Å². The molecule has 20 heteroatoms. The highest BCUT2D eigenvalue weighted by Crippen LogP contribution is 2.60. The van der Waals surface area contributed by atoms with Gasteiger partial charge in [0.15, 0.2) is 0 Å². The number of nitrogens with zero attached hydrogens (tertiary/aromatic N) is 4. The van der Waals surface area contributed by atoms with Crippen LogP contribution in [0.25, 0.3) is 0 Å². The zero-order valence-electron chi connectivity index (χ0n) is 17.8. The average molecular weight is 605 g/mol. The van der Waals surface area contributed by atoms with Gasteiger partial charge in [0.1, 0.15) is 11.8 Å². The Balaban J connectivity index is 0.000000320. The van der Waals surface area contributed by atoms with Crippen LogP contribution in [0, 0.1) is 0 Å². The highest BCUT2D eigenvalue weighted by Gasteiger charge is 2.19. The van der Waals surface area contributed by atoms with E-state index in [9.17, 15) is 9.59 Å². The molecule has 0 N–H and O–H groups in total. The summed E-state index contributed by atoms with van der Waals surface area (Å²) in [5.74, 6) is 0.579. The van der Waals surface area contributed by atoms with Crippen molar-refractivity contribution in [1.82, 2.24) is 19.6 Å². The predicted octanol–water partition coefficient (Wildman–Crippen LogP) is 3.04. The van der Waals surface area contributed by atoms with Crippen LogP contribution in [0.4, 0.5) is 0 Å². The van der Waals surface area contributed by atoms with Gasteiger partial charge in [-0.1, -0.05) is 0 Å². The lowest BCUT2D eigenvalue weighted by atomic mass is 11.2. The molecule has 0 aliphatic heterocycles. The molecule has 0 fully saturated rings. The largest absolute Gasteiger partial charge is 0.472 e. The summed E-state index contributed by atoms with van der Waals surface area (Å²) in [5, 5.41) is 8.53. The van der Waals surface area contributed by atoms with E-state index in [1.807, 2.05) is 0 Å². The molecule has 0 bridgehead atoms. The molecule has 0 amide bonds. The lowest BCUT2D eigenvalue weighted by Gasteiger charge is -2.15. The molecule has 184 valence electrons. The first kappa shape index (κ1) is 30.2. The van der Waals surface area contributed by atoms with Crippen molar-refractivity contribution in [3.8, 4) is 10.4 Å². The molecule has 0 aliphatic rings. The number of rotatable bonds is 12. The summed E-state index contributed by atoms with van der Waals surface area (Å²) in [6.45, 7) is 0. The molecular weight excluding hydrogens is 583 g/mol. The maximum absolute atomic E-state index is 11.4. The summed E-state index contributed by atoms with van der Waals surface area (Å²) < 4.78 is 32.6. The Morgan fingerprint density at radius 2 is 1.06 bits per heavy atom. The molecule has 0 radical (unpaired) electrons. The van der Waals surface area contributed by atoms with Gasteiger partial charge >= 0.3 is 9.75 Å². The molecule has 0 atom stereocenters. The van der Waals surface area contributed by atoms with Crippen LogP contribution in [0.1, 0.15) is 0 Å². The van der Waals surface area contributed by atoms with Crippen molar-refractivity contribution in [2.24, 2.45) is 0 Å². The summed E-state index contributed by atoms with van der Waals surface area (Å²) in [6, 6.07) is 0. The molecular formula is C12H22N4O8P2S6. The van der Waals surface area contributed by atoms with Crippen LogP contribution < -0.4 is 19.2 Å². The van der Waals surface area contributed by atoms with E-state index in [1.54, 1.807) is 0 Å². The van der Waals surface area contributed by atoms with Crippen molar-refractivity contribution in [1.29, 1.82) is 0 Å². The van der Waals surface area contributed by atoms with Gasteiger partial charge in [0.05, 0.1) is 14.2 Å². The molecule has 0 aromatic carbocycles. The summed E-state index contributed by atoms with van der Waals surface area (Å²) in [4.78, 5) is 22.4. The first-order valence-electron chi connectivity index (χ1n) is 8.05. The van der Waals surface area contributed by atoms with Crippen LogP contribution in [0.3, 0.4) is 0 Å². The van der Waals surface area contributed by atoms with E-state index in [0.29, 0.717) is 10.4 Å². The molecule has 0 aliphatic carbocycles. The SMILES string of the molecule is COc1nn(CSP(=S)(OC)OC)c(=O)s1.COc1nn(CSP(=S)(OC)OC)c(=O)s1. The maximum Gasteiger partial charge on any atom is 0.329 e. The number of hydrogen-bond donors (Lipinski definition) is 0. The zero-order chi connectivity index (χ0) is 24.4. The number of ether oxygens (including phenoxy) is 2. The van der Waals surface area contributed by atoms with Gasteiger partial charge in [0.2, 0.25) is 11.4 Å². The van der Waals surface area contributed by atoms with Crippen molar-refractivity contribution in [3.05, 3.63) is 19.3 Å². The standard InChI is InChI=1S/2C6H11N2O4PS3/c2*1-10-5-7-8(6(9)16-5)4-15-13(14,11-2)12-3/h2*4H2,1-3H3. The number of methoxy groups -OCH3 is 2. The molecule has 2 aromatic heterocycles. The van der Waals surface area contributed by atoms with Gasteiger partial charge in [-0.15, -0.1) is 10.2 Å². The first-order valence-corrected chi connectivity index (χ1v) is 18.1. The van der Waals surface area contributed by atoms with Crippen molar-refractivity contribution in [2.75, 3.05) is 42.7 Å². The summed E-state index contributed by atoms with van der Waals surface area (Å²) >= 11 is 14.7. The topological polar surface area (TPSA) is 125 Å². The third-order valence-corrected chi connectivity index (χ3v) is 15.9. The van der Waals surface area contributed by atoms with E-state index in [1.165, 1.54) is 74.8 Å². The van der Waals surface area contributed by atoms with Crippen molar-refractivity contribution < 1.29 is 27.6 Å². The molecule has 2 heterocycles. The van der Waals surface area contributed by atoms with Gasteiger partial charge < -0.3 is 27.6 Å². The Morgan fingerprint density at radius 1 is 0.750 bits per heavy atom. The van der Waals surface area contributed by atoms with Gasteiger partial charge in [-0.2, -0.15) is 0 Å². The quantitative estimate of drug-likeness (QED) is 0.330. The second kappa shape index (κ2) is 14.5. The molecule has 0 saturated carbocycles. The van der Waals surface area contributed by atoms with Crippen molar-refractivity contribution in [3.63, 3.8) is 0 Å². The van der Waals surface area contributed by atoms with Crippen LogP contribution >= 0.6 is 56.8 Å². The van der Waals surface area contributed by atoms with Gasteiger partial charge in [0.25, 0.3) is 10.4 Å². The van der Waals surface area contributed by atoms with E-state index in [0.717, 1.165) is 22.7 Å². The summed E-state index contributed by atoms with van der Waals surface area (Å²) in [5.41, 5.74) is -4.70. The van der Waals surface area contributed by atoms with Crippen LogP contribution in [0.15, 0.2) is 9.59 Å².